The average Bonchev–Trinajstić information content (AvgIpc) is 2.30. The van der Waals surface area contributed by atoms with Crippen molar-refractivity contribution in [3.05, 3.63) is 35.4 Å². The number of likely N-dealkylation sites (N-methyl/N-ethyl adjacent to an activating group) is 1. The second kappa shape index (κ2) is 6.06. The van der Waals surface area contributed by atoms with Gasteiger partial charge in [0.15, 0.2) is 0 Å². The first-order chi connectivity index (χ1) is 8.74. The maximum absolute atomic E-state index is 12.0. The van der Waals surface area contributed by atoms with Gasteiger partial charge in [0, 0.05) is 13.6 Å². The lowest BCUT2D eigenvalue weighted by Crippen LogP contribution is -2.39. The van der Waals surface area contributed by atoms with Gasteiger partial charge in [-0.1, -0.05) is 29.8 Å². The van der Waals surface area contributed by atoms with Gasteiger partial charge in [0.05, 0.1) is 6.04 Å². The van der Waals surface area contributed by atoms with E-state index in [9.17, 15) is 4.79 Å². The Bertz CT molecular complexity index is 421. The van der Waals surface area contributed by atoms with Gasteiger partial charge in [0.2, 0.25) is 0 Å². The van der Waals surface area contributed by atoms with E-state index in [4.69, 9.17) is 10.5 Å². The van der Waals surface area contributed by atoms with Gasteiger partial charge in [-0.15, -0.1) is 0 Å². The SMILES string of the molecule is Cc1ccc(C(CN)N(C)C(=O)OC(C)(C)C)cc1. The summed E-state index contributed by atoms with van der Waals surface area (Å²) >= 11 is 0. The zero-order valence-corrected chi connectivity index (χ0v) is 12.4. The lowest BCUT2D eigenvalue weighted by molar-refractivity contribution is 0.0226. The van der Waals surface area contributed by atoms with Crippen LogP contribution in [0.2, 0.25) is 0 Å². The van der Waals surface area contributed by atoms with Crippen LogP contribution in [0.1, 0.15) is 37.9 Å². The van der Waals surface area contributed by atoms with Crippen LogP contribution in [0, 0.1) is 6.92 Å². The minimum Gasteiger partial charge on any atom is -0.444 e. The Hall–Kier alpha value is -1.55. The Morgan fingerprint density at radius 1 is 1.32 bits per heavy atom. The van der Waals surface area contributed by atoms with Gasteiger partial charge in [-0.2, -0.15) is 0 Å². The number of nitrogens with two attached hydrogens (primary N) is 1. The van der Waals surface area contributed by atoms with Crippen LogP contribution in [0.25, 0.3) is 0 Å². The summed E-state index contributed by atoms with van der Waals surface area (Å²) in [5, 5.41) is 0. The van der Waals surface area contributed by atoms with E-state index in [0.717, 1.165) is 5.56 Å². The number of aryl methyl sites for hydroxylation is 1. The van der Waals surface area contributed by atoms with E-state index < -0.39 is 5.60 Å². The number of benzene rings is 1. The summed E-state index contributed by atoms with van der Waals surface area (Å²) in [4.78, 5) is 13.6. The molecule has 0 spiro atoms. The molecule has 0 saturated carbocycles. The first-order valence-electron chi connectivity index (χ1n) is 6.47. The highest BCUT2D eigenvalue weighted by Gasteiger charge is 2.25. The summed E-state index contributed by atoms with van der Waals surface area (Å²) in [7, 11) is 1.71. The number of carbonyl (C=O) groups excluding carboxylic acids is 1. The Balaban J connectivity index is 2.85. The minimum absolute atomic E-state index is 0.171. The molecule has 1 aromatic rings. The van der Waals surface area contributed by atoms with Crippen molar-refractivity contribution in [1.29, 1.82) is 0 Å². The highest BCUT2D eigenvalue weighted by Crippen LogP contribution is 2.21. The molecule has 0 fully saturated rings. The molecule has 1 atom stereocenters. The van der Waals surface area contributed by atoms with Crippen molar-refractivity contribution in [3.8, 4) is 0 Å². The molecule has 4 nitrogen and oxygen atoms in total. The van der Waals surface area contributed by atoms with Crippen LogP contribution in [0.3, 0.4) is 0 Å². The first-order valence-corrected chi connectivity index (χ1v) is 6.47. The van der Waals surface area contributed by atoms with Gasteiger partial charge in [0.25, 0.3) is 0 Å². The third-order valence-electron chi connectivity index (χ3n) is 2.83. The summed E-state index contributed by atoms with van der Waals surface area (Å²) in [6.07, 6.45) is -0.358. The van der Waals surface area contributed by atoms with Gasteiger partial charge in [-0.05, 0) is 33.3 Å². The molecule has 0 aliphatic heterocycles. The molecule has 0 radical (unpaired) electrons. The molecule has 0 aliphatic carbocycles. The predicted octanol–water partition coefficient (Wildman–Crippen LogP) is 2.86. The summed E-state index contributed by atoms with van der Waals surface area (Å²) in [5.41, 5.74) is 7.49. The first kappa shape index (κ1) is 15.5. The Morgan fingerprint density at radius 2 is 1.84 bits per heavy atom. The van der Waals surface area contributed by atoms with Crippen LogP contribution in [0.5, 0.6) is 0 Å². The number of rotatable bonds is 3. The van der Waals surface area contributed by atoms with Crippen LogP contribution >= 0.6 is 0 Å². The third kappa shape index (κ3) is 4.56. The predicted molar refractivity (Wildman–Crippen MR) is 77.0 cm³/mol. The lowest BCUT2D eigenvalue weighted by atomic mass is 10.0. The molecule has 1 aromatic carbocycles. The number of hydrogen-bond donors (Lipinski definition) is 1. The smallest absolute Gasteiger partial charge is 0.410 e. The maximum Gasteiger partial charge on any atom is 0.410 e. The molecular weight excluding hydrogens is 240 g/mol. The zero-order chi connectivity index (χ0) is 14.6. The van der Waals surface area contributed by atoms with E-state index >= 15 is 0 Å². The zero-order valence-electron chi connectivity index (χ0n) is 12.4. The van der Waals surface area contributed by atoms with Crippen LogP contribution in [-0.2, 0) is 4.74 Å². The second-order valence-electron chi connectivity index (χ2n) is 5.75. The minimum atomic E-state index is -0.502. The molecule has 1 amide bonds. The fourth-order valence-corrected chi connectivity index (χ4v) is 1.77. The normalized spacial score (nSPS) is 12.9. The fourth-order valence-electron chi connectivity index (χ4n) is 1.77. The van der Waals surface area contributed by atoms with Gasteiger partial charge >= 0.3 is 6.09 Å². The number of ether oxygens (including phenoxy) is 1. The number of hydrogen-bond acceptors (Lipinski definition) is 3. The van der Waals surface area contributed by atoms with Crippen molar-refractivity contribution < 1.29 is 9.53 Å². The number of nitrogens with zero attached hydrogens (tertiary/aromatic N) is 1. The Kier molecular flexibility index (Phi) is 4.95. The second-order valence-corrected chi connectivity index (χ2v) is 5.75. The lowest BCUT2D eigenvalue weighted by Gasteiger charge is -2.30. The molecule has 0 heterocycles. The van der Waals surface area contributed by atoms with Gasteiger partial charge in [0.1, 0.15) is 5.60 Å². The van der Waals surface area contributed by atoms with E-state index in [0.29, 0.717) is 6.54 Å². The molecule has 1 unspecified atom stereocenters. The third-order valence-corrected chi connectivity index (χ3v) is 2.83. The van der Waals surface area contributed by atoms with E-state index in [1.807, 2.05) is 52.0 Å². The Morgan fingerprint density at radius 3 is 2.26 bits per heavy atom. The number of carbonyl (C=O) groups is 1. The van der Waals surface area contributed by atoms with Crippen molar-refractivity contribution in [2.45, 2.75) is 39.3 Å². The average molecular weight is 264 g/mol. The number of amides is 1. The summed E-state index contributed by atoms with van der Waals surface area (Å²) in [6.45, 7) is 7.93. The Labute approximate surface area is 115 Å². The monoisotopic (exact) mass is 264 g/mol. The highest BCUT2D eigenvalue weighted by atomic mass is 16.6. The van der Waals surface area contributed by atoms with Crippen LogP contribution in [0.4, 0.5) is 4.79 Å². The quantitative estimate of drug-likeness (QED) is 0.913. The van der Waals surface area contributed by atoms with Gasteiger partial charge < -0.3 is 15.4 Å². The highest BCUT2D eigenvalue weighted by molar-refractivity contribution is 5.68. The molecule has 1 rings (SSSR count). The molecule has 4 heteroatoms. The van der Waals surface area contributed by atoms with Crippen molar-refractivity contribution in [1.82, 2.24) is 4.90 Å². The van der Waals surface area contributed by atoms with Crippen molar-refractivity contribution in [2.24, 2.45) is 5.73 Å². The molecule has 0 bridgehead atoms. The fraction of sp³-hybridized carbons (Fsp3) is 0.533. The largest absolute Gasteiger partial charge is 0.444 e. The molecule has 2 N–H and O–H groups in total. The van der Waals surface area contributed by atoms with Gasteiger partial charge in [-0.25, -0.2) is 4.79 Å². The molecule has 106 valence electrons. The topological polar surface area (TPSA) is 55.6 Å². The van der Waals surface area contributed by atoms with Crippen molar-refractivity contribution in [2.75, 3.05) is 13.6 Å². The standard InChI is InChI=1S/C15H24N2O2/c1-11-6-8-12(9-7-11)13(10-16)17(5)14(18)19-15(2,3)4/h6-9,13H,10,16H2,1-5H3. The van der Waals surface area contributed by atoms with Crippen LogP contribution in [-0.4, -0.2) is 30.2 Å². The van der Waals surface area contributed by atoms with Crippen LogP contribution in [0.15, 0.2) is 24.3 Å². The van der Waals surface area contributed by atoms with E-state index in [1.165, 1.54) is 5.56 Å². The van der Waals surface area contributed by atoms with Gasteiger partial charge in [-0.3, -0.25) is 0 Å². The molecule has 0 aliphatic rings. The summed E-state index contributed by atoms with van der Waals surface area (Å²) in [5.74, 6) is 0. The van der Waals surface area contributed by atoms with E-state index in [2.05, 4.69) is 0 Å². The molecule has 0 saturated heterocycles. The van der Waals surface area contributed by atoms with E-state index in [1.54, 1.807) is 11.9 Å². The summed E-state index contributed by atoms with van der Waals surface area (Å²) in [6, 6.07) is 7.85. The molecular formula is C15H24N2O2. The van der Waals surface area contributed by atoms with Crippen molar-refractivity contribution in [3.63, 3.8) is 0 Å². The molecule has 0 aromatic heterocycles. The molecule has 19 heavy (non-hydrogen) atoms. The summed E-state index contributed by atoms with van der Waals surface area (Å²) < 4.78 is 5.36. The van der Waals surface area contributed by atoms with Crippen molar-refractivity contribution >= 4 is 6.09 Å². The maximum atomic E-state index is 12.0. The van der Waals surface area contributed by atoms with Crippen LogP contribution < -0.4 is 5.73 Å². The van der Waals surface area contributed by atoms with E-state index in [-0.39, 0.29) is 12.1 Å².